The summed E-state index contributed by atoms with van der Waals surface area (Å²) in [6.45, 7) is 6.57. The summed E-state index contributed by atoms with van der Waals surface area (Å²) >= 11 is 0. The normalized spacial score (nSPS) is 19.5. The Morgan fingerprint density at radius 3 is 2.41 bits per heavy atom. The zero-order valence-corrected chi connectivity index (χ0v) is 19.4. The molecule has 2 aromatic rings. The first-order valence-corrected chi connectivity index (χ1v) is 10.0. The number of anilines is 1. The van der Waals surface area contributed by atoms with Crippen molar-refractivity contribution in [2.45, 2.75) is 44.8 Å². The first-order valence-electron chi connectivity index (χ1n) is 10.0. The fourth-order valence-corrected chi connectivity index (χ4v) is 4.15. The highest BCUT2D eigenvalue weighted by Gasteiger charge is 2.32. The monoisotopic (exact) mass is 459 g/mol. The van der Waals surface area contributed by atoms with Crippen LogP contribution in [0.25, 0.3) is 0 Å². The standard InChI is InChI=1S/C22H29N3O.3ClH/c1-2-19-16-25(22-21(26-19)12-9-13-23-22)20(18-10-5-3-6-11-18)17-24-14-7-4-8-15-24;;;/h3,5-6,9-13,19-20H,2,4,7-8,14-17H2,1H3;3*1H. The zero-order chi connectivity index (χ0) is 17.8. The van der Waals surface area contributed by atoms with Gasteiger partial charge in [0, 0.05) is 12.7 Å². The van der Waals surface area contributed by atoms with Gasteiger partial charge in [-0.25, -0.2) is 4.98 Å². The molecule has 0 aliphatic carbocycles. The molecular formula is C22H32Cl3N3O. The van der Waals surface area contributed by atoms with Crippen molar-refractivity contribution in [3.8, 4) is 5.75 Å². The molecule has 1 aromatic carbocycles. The summed E-state index contributed by atoms with van der Waals surface area (Å²) in [6, 6.07) is 15.2. The molecule has 2 aliphatic heterocycles. The number of hydrogen-bond donors (Lipinski definition) is 0. The molecule has 0 amide bonds. The predicted octanol–water partition coefficient (Wildman–Crippen LogP) is 5.55. The van der Waals surface area contributed by atoms with Crippen molar-refractivity contribution in [3.05, 3.63) is 54.2 Å². The lowest BCUT2D eigenvalue weighted by Crippen LogP contribution is -2.46. The van der Waals surface area contributed by atoms with Crippen LogP contribution in [0.4, 0.5) is 5.82 Å². The Morgan fingerprint density at radius 2 is 1.72 bits per heavy atom. The van der Waals surface area contributed by atoms with Crippen molar-refractivity contribution >= 4 is 43.0 Å². The van der Waals surface area contributed by atoms with Gasteiger partial charge in [-0.05, 0) is 50.0 Å². The number of aromatic nitrogens is 1. The van der Waals surface area contributed by atoms with E-state index in [0.29, 0.717) is 6.04 Å². The van der Waals surface area contributed by atoms with E-state index in [1.807, 2.05) is 12.3 Å². The SMILES string of the molecule is CCC1CN(C(CN2CCCCC2)c2ccccc2)c2ncccc2O1.Cl.Cl.Cl. The van der Waals surface area contributed by atoms with Gasteiger partial charge >= 0.3 is 0 Å². The average Bonchev–Trinajstić information content (AvgIpc) is 2.72. The lowest BCUT2D eigenvalue weighted by molar-refractivity contribution is 0.169. The van der Waals surface area contributed by atoms with Crippen LogP contribution in [0.15, 0.2) is 48.7 Å². The van der Waals surface area contributed by atoms with Crippen LogP contribution < -0.4 is 9.64 Å². The molecule has 0 N–H and O–H groups in total. The van der Waals surface area contributed by atoms with E-state index in [-0.39, 0.29) is 43.3 Å². The van der Waals surface area contributed by atoms with Gasteiger partial charge in [0.25, 0.3) is 0 Å². The van der Waals surface area contributed by atoms with Crippen LogP contribution in [0, 0.1) is 0 Å². The minimum atomic E-state index is 0. The minimum Gasteiger partial charge on any atom is -0.485 e. The number of ether oxygens (including phenoxy) is 1. The number of halogens is 3. The largest absolute Gasteiger partial charge is 0.485 e. The van der Waals surface area contributed by atoms with Crippen molar-refractivity contribution in [2.24, 2.45) is 0 Å². The van der Waals surface area contributed by atoms with Crippen LogP contribution in [0.5, 0.6) is 5.75 Å². The van der Waals surface area contributed by atoms with Crippen molar-refractivity contribution in [3.63, 3.8) is 0 Å². The highest BCUT2D eigenvalue weighted by atomic mass is 35.5. The topological polar surface area (TPSA) is 28.6 Å². The molecular weight excluding hydrogens is 429 g/mol. The number of benzene rings is 1. The molecule has 162 valence electrons. The summed E-state index contributed by atoms with van der Waals surface area (Å²) in [6.07, 6.45) is 7.11. The van der Waals surface area contributed by atoms with E-state index in [9.17, 15) is 0 Å². The molecule has 4 nitrogen and oxygen atoms in total. The van der Waals surface area contributed by atoms with Crippen molar-refractivity contribution < 1.29 is 4.74 Å². The zero-order valence-electron chi connectivity index (χ0n) is 16.9. The Balaban J connectivity index is 0.00000140. The van der Waals surface area contributed by atoms with E-state index in [4.69, 9.17) is 9.72 Å². The molecule has 3 heterocycles. The Kier molecular flexibility index (Phi) is 11.1. The van der Waals surface area contributed by atoms with Gasteiger partial charge in [0.05, 0.1) is 12.6 Å². The maximum Gasteiger partial charge on any atom is 0.172 e. The lowest BCUT2D eigenvalue weighted by Gasteiger charge is -2.42. The molecule has 29 heavy (non-hydrogen) atoms. The summed E-state index contributed by atoms with van der Waals surface area (Å²) in [5, 5.41) is 0. The molecule has 7 heteroatoms. The van der Waals surface area contributed by atoms with Gasteiger partial charge in [-0.2, -0.15) is 0 Å². The Hall–Kier alpha value is -1.20. The maximum absolute atomic E-state index is 6.17. The second-order valence-corrected chi connectivity index (χ2v) is 7.41. The summed E-state index contributed by atoms with van der Waals surface area (Å²) in [5.41, 5.74) is 1.37. The first kappa shape index (κ1) is 25.8. The minimum absolute atomic E-state index is 0. The second kappa shape index (κ2) is 12.5. The fraction of sp³-hybridized carbons (Fsp3) is 0.500. The number of likely N-dealkylation sites (tertiary alicyclic amines) is 1. The summed E-state index contributed by atoms with van der Waals surface area (Å²) in [4.78, 5) is 9.80. The summed E-state index contributed by atoms with van der Waals surface area (Å²) in [7, 11) is 0. The first-order chi connectivity index (χ1) is 12.8. The highest BCUT2D eigenvalue weighted by molar-refractivity contribution is 5.86. The third-order valence-electron chi connectivity index (χ3n) is 5.61. The van der Waals surface area contributed by atoms with Gasteiger partial charge in [-0.1, -0.05) is 43.7 Å². The van der Waals surface area contributed by atoms with Gasteiger partial charge in [-0.3, -0.25) is 0 Å². The molecule has 0 saturated carbocycles. The molecule has 0 bridgehead atoms. The van der Waals surface area contributed by atoms with E-state index in [2.05, 4.69) is 53.1 Å². The molecule has 2 unspecified atom stereocenters. The second-order valence-electron chi connectivity index (χ2n) is 7.41. The molecule has 2 aliphatic rings. The van der Waals surface area contributed by atoms with E-state index < -0.39 is 0 Å². The third-order valence-corrected chi connectivity index (χ3v) is 5.61. The van der Waals surface area contributed by atoms with Crippen LogP contribution in [0.1, 0.15) is 44.2 Å². The van der Waals surface area contributed by atoms with Crippen LogP contribution in [-0.4, -0.2) is 42.2 Å². The van der Waals surface area contributed by atoms with Gasteiger partial charge < -0.3 is 14.5 Å². The number of fused-ring (bicyclic) bond motifs is 1. The molecule has 1 aromatic heterocycles. The number of rotatable bonds is 5. The van der Waals surface area contributed by atoms with Gasteiger partial charge in [0.1, 0.15) is 6.10 Å². The van der Waals surface area contributed by atoms with E-state index in [1.165, 1.54) is 37.9 Å². The lowest BCUT2D eigenvalue weighted by atomic mass is 10.0. The predicted molar refractivity (Wildman–Crippen MR) is 128 cm³/mol. The number of pyridine rings is 1. The molecule has 1 fully saturated rings. The molecule has 0 radical (unpaired) electrons. The van der Waals surface area contributed by atoms with E-state index >= 15 is 0 Å². The van der Waals surface area contributed by atoms with E-state index in [1.54, 1.807) is 0 Å². The molecule has 4 rings (SSSR count). The number of piperidine rings is 1. The Morgan fingerprint density at radius 1 is 1.00 bits per heavy atom. The summed E-state index contributed by atoms with van der Waals surface area (Å²) in [5.74, 6) is 1.91. The molecule has 2 atom stereocenters. The van der Waals surface area contributed by atoms with Gasteiger partial charge in [0.2, 0.25) is 0 Å². The third kappa shape index (κ3) is 6.14. The highest BCUT2D eigenvalue weighted by Crippen LogP contribution is 2.37. The van der Waals surface area contributed by atoms with Gasteiger partial charge in [-0.15, -0.1) is 37.2 Å². The van der Waals surface area contributed by atoms with Crippen LogP contribution in [0.3, 0.4) is 0 Å². The van der Waals surface area contributed by atoms with Crippen molar-refractivity contribution in [1.29, 1.82) is 0 Å². The van der Waals surface area contributed by atoms with Gasteiger partial charge in [0.15, 0.2) is 11.6 Å². The van der Waals surface area contributed by atoms with E-state index in [0.717, 1.165) is 31.1 Å². The van der Waals surface area contributed by atoms with Crippen molar-refractivity contribution in [2.75, 3.05) is 31.1 Å². The number of nitrogens with zero attached hydrogens (tertiary/aromatic N) is 3. The maximum atomic E-state index is 6.17. The fourth-order valence-electron chi connectivity index (χ4n) is 4.15. The van der Waals surface area contributed by atoms with Crippen LogP contribution >= 0.6 is 37.2 Å². The smallest absolute Gasteiger partial charge is 0.172 e. The molecule has 1 saturated heterocycles. The summed E-state index contributed by atoms with van der Waals surface area (Å²) < 4.78 is 6.17. The molecule has 0 spiro atoms. The average molecular weight is 461 g/mol. The quantitative estimate of drug-likeness (QED) is 0.585. The Labute approximate surface area is 193 Å². The van der Waals surface area contributed by atoms with Crippen LogP contribution in [0.2, 0.25) is 0 Å². The number of hydrogen-bond acceptors (Lipinski definition) is 4. The Bertz CT molecular complexity index is 713. The van der Waals surface area contributed by atoms with Crippen LogP contribution in [-0.2, 0) is 0 Å². The van der Waals surface area contributed by atoms with Crippen molar-refractivity contribution in [1.82, 2.24) is 9.88 Å².